The molecule has 17 heavy (non-hydrogen) atoms. The van der Waals surface area contributed by atoms with Crippen LogP contribution >= 0.6 is 0 Å². The molecule has 0 spiro atoms. The summed E-state index contributed by atoms with van der Waals surface area (Å²) in [5.74, 6) is -0.755. The fourth-order valence-corrected chi connectivity index (χ4v) is 2.51. The van der Waals surface area contributed by atoms with Crippen LogP contribution in [0.25, 0.3) is 5.65 Å². The van der Waals surface area contributed by atoms with Crippen molar-refractivity contribution in [3.8, 4) is 0 Å². The van der Waals surface area contributed by atoms with Crippen LogP contribution in [0.1, 0.15) is 31.4 Å². The monoisotopic (exact) mass is 231 g/mol. The van der Waals surface area contributed by atoms with Crippen LogP contribution < -0.4 is 0 Å². The Morgan fingerprint density at radius 3 is 2.94 bits per heavy atom. The summed E-state index contributed by atoms with van der Waals surface area (Å²) in [5.41, 5.74) is 1.38. The molecule has 1 saturated carbocycles. The second-order valence-corrected chi connectivity index (χ2v) is 4.66. The first-order valence-corrected chi connectivity index (χ1v) is 5.72. The van der Waals surface area contributed by atoms with Gasteiger partial charge >= 0.3 is 5.97 Å². The van der Waals surface area contributed by atoms with Gasteiger partial charge in [0.1, 0.15) is 0 Å². The van der Waals surface area contributed by atoms with Gasteiger partial charge in [0.15, 0.2) is 5.65 Å². The third-order valence-corrected chi connectivity index (χ3v) is 3.58. The summed E-state index contributed by atoms with van der Waals surface area (Å²) in [6, 6.07) is 3.72. The van der Waals surface area contributed by atoms with Gasteiger partial charge in [-0.3, -0.25) is 4.79 Å². The number of hydrogen-bond donors (Lipinski definition) is 1. The highest BCUT2D eigenvalue weighted by Crippen LogP contribution is 2.45. The molecule has 5 nitrogen and oxygen atoms in total. The van der Waals surface area contributed by atoms with E-state index in [4.69, 9.17) is 5.11 Å². The highest BCUT2D eigenvalue weighted by Gasteiger charge is 2.42. The zero-order valence-corrected chi connectivity index (χ0v) is 9.33. The maximum atomic E-state index is 10.9. The largest absolute Gasteiger partial charge is 0.481 e. The lowest BCUT2D eigenvalue weighted by atomic mass is 9.64. The fraction of sp³-hybridized carbons (Fsp3) is 0.417. The Morgan fingerprint density at radius 2 is 2.35 bits per heavy atom. The quantitative estimate of drug-likeness (QED) is 0.871. The van der Waals surface area contributed by atoms with Crippen LogP contribution in [0.3, 0.4) is 0 Å². The Hall–Kier alpha value is -1.91. The van der Waals surface area contributed by atoms with Gasteiger partial charge in [-0.25, -0.2) is 9.50 Å². The summed E-state index contributed by atoms with van der Waals surface area (Å²) in [4.78, 5) is 15.2. The van der Waals surface area contributed by atoms with Crippen molar-refractivity contribution in [3.05, 3.63) is 30.2 Å². The van der Waals surface area contributed by atoms with E-state index >= 15 is 0 Å². The summed E-state index contributed by atoms with van der Waals surface area (Å²) in [6.45, 7) is 0. The maximum absolute atomic E-state index is 10.9. The summed E-state index contributed by atoms with van der Waals surface area (Å²) in [5, 5.41) is 13.5. The SMILES string of the molecule is O=C(O)CC1(c2cc3ncccn3n2)CCC1. The number of carboxylic acid groups (broad SMARTS) is 1. The first-order valence-electron chi connectivity index (χ1n) is 5.72. The first-order chi connectivity index (χ1) is 8.20. The van der Waals surface area contributed by atoms with Crippen molar-refractivity contribution in [2.45, 2.75) is 31.1 Å². The Morgan fingerprint density at radius 1 is 1.53 bits per heavy atom. The van der Waals surface area contributed by atoms with Crippen LogP contribution in [0, 0.1) is 0 Å². The number of fused-ring (bicyclic) bond motifs is 1. The highest BCUT2D eigenvalue weighted by molar-refractivity contribution is 5.69. The van der Waals surface area contributed by atoms with Gasteiger partial charge in [0.25, 0.3) is 0 Å². The van der Waals surface area contributed by atoms with E-state index in [0.717, 1.165) is 30.6 Å². The molecule has 1 aliphatic rings. The van der Waals surface area contributed by atoms with Gasteiger partial charge < -0.3 is 5.11 Å². The van der Waals surface area contributed by atoms with Crippen molar-refractivity contribution in [2.24, 2.45) is 0 Å². The van der Waals surface area contributed by atoms with E-state index in [0.29, 0.717) is 0 Å². The summed E-state index contributed by atoms with van der Waals surface area (Å²) in [6.07, 6.45) is 6.60. The average Bonchev–Trinajstić information content (AvgIpc) is 2.66. The average molecular weight is 231 g/mol. The van der Waals surface area contributed by atoms with Crippen LogP contribution in [-0.2, 0) is 10.2 Å². The second-order valence-electron chi connectivity index (χ2n) is 4.66. The Bertz CT molecular complexity index is 539. The zero-order chi connectivity index (χ0) is 11.9. The molecule has 0 aliphatic heterocycles. The van der Waals surface area contributed by atoms with Gasteiger partial charge in [-0.05, 0) is 18.9 Å². The van der Waals surface area contributed by atoms with Gasteiger partial charge in [0, 0.05) is 23.9 Å². The van der Waals surface area contributed by atoms with Crippen molar-refractivity contribution in [3.63, 3.8) is 0 Å². The number of aliphatic carboxylic acids is 1. The van der Waals surface area contributed by atoms with E-state index in [9.17, 15) is 4.79 Å². The predicted octanol–water partition coefficient (Wildman–Crippen LogP) is 1.63. The van der Waals surface area contributed by atoms with Gasteiger partial charge in [-0.1, -0.05) is 6.42 Å². The lowest BCUT2D eigenvalue weighted by molar-refractivity contribution is -0.139. The third-order valence-electron chi connectivity index (χ3n) is 3.58. The molecule has 0 bridgehead atoms. The molecule has 2 aromatic rings. The molecule has 0 unspecified atom stereocenters. The Balaban J connectivity index is 2.04. The Kier molecular flexibility index (Phi) is 2.14. The van der Waals surface area contributed by atoms with E-state index in [-0.39, 0.29) is 11.8 Å². The van der Waals surface area contributed by atoms with Crippen molar-refractivity contribution >= 4 is 11.6 Å². The minimum absolute atomic E-state index is 0.164. The molecule has 1 fully saturated rings. The minimum atomic E-state index is -0.755. The van der Waals surface area contributed by atoms with Gasteiger partial charge in [0.05, 0.1) is 12.1 Å². The van der Waals surface area contributed by atoms with Crippen molar-refractivity contribution in [1.29, 1.82) is 0 Å². The topological polar surface area (TPSA) is 67.5 Å². The molecular formula is C12H13N3O2. The Labute approximate surface area is 98.1 Å². The molecule has 0 aromatic carbocycles. The molecule has 5 heteroatoms. The number of nitrogens with zero attached hydrogens (tertiary/aromatic N) is 3. The molecule has 1 N–H and O–H groups in total. The second kappa shape index (κ2) is 3.55. The minimum Gasteiger partial charge on any atom is -0.481 e. The van der Waals surface area contributed by atoms with Crippen molar-refractivity contribution in [2.75, 3.05) is 0 Å². The summed E-state index contributed by atoms with van der Waals surface area (Å²) < 4.78 is 1.71. The lowest BCUT2D eigenvalue weighted by Crippen LogP contribution is -2.37. The van der Waals surface area contributed by atoms with E-state index in [1.54, 1.807) is 10.7 Å². The molecule has 2 aromatic heterocycles. The molecule has 0 atom stereocenters. The molecule has 0 saturated heterocycles. The normalized spacial score (nSPS) is 17.9. The van der Waals surface area contributed by atoms with Gasteiger partial charge in [0.2, 0.25) is 0 Å². The van der Waals surface area contributed by atoms with Crippen molar-refractivity contribution < 1.29 is 9.90 Å². The summed E-state index contributed by atoms with van der Waals surface area (Å²) in [7, 11) is 0. The van der Waals surface area contributed by atoms with Crippen molar-refractivity contribution in [1.82, 2.24) is 14.6 Å². The number of carbonyl (C=O) groups is 1. The molecular weight excluding hydrogens is 218 g/mol. The number of rotatable bonds is 3. The third kappa shape index (κ3) is 1.58. The molecule has 1 aliphatic carbocycles. The van der Waals surface area contributed by atoms with Crippen LogP contribution in [0.4, 0.5) is 0 Å². The smallest absolute Gasteiger partial charge is 0.304 e. The van der Waals surface area contributed by atoms with Crippen LogP contribution in [0.15, 0.2) is 24.5 Å². The maximum Gasteiger partial charge on any atom is 0.304 e. The first kappa shape index (κ1) is 10.3. The van der Waals surface area contributed by atoms with Crippen LogP contribution in [0.5, 0.6) is 0 Å². The van der Waals surface area contributed by atoms with E-state index in [1.165, 1.54) is 0 Å². The van der Waals surface area contributed by atoms with Gasteiger partial charge in [-0.2, -0.15) is 5.10 Å². The standard InChI is InChI=1S/C12H13N3O2/c16-11(17)8-12(3-1-4-12)9-7-10-13-5-2-6-15(10)14-9/h2,5-7H,1,3-4,8H2,(H,16,17). The summed E-state index contributed by atoms with van der Waals surface area (Å²) >= 11 is 0. The number of carboxylic acids is 1. The molecule has 88 valence electrons. The highest BCUT2D eigenvalue weighted by atomic mass is 16.4. The zero-order valence-electron chi connectivity index (χ0n) is 9.33. The predicted molar refractivity (Wildman–Crippen MR) is 60.8 cm³/mol. The lowest BCUT2D eigenvalue weighted by Gasteiger charge is -2.39. The molecule has 0 amide bonds. The van der Waals surface area contributed by atoms with Gasteiger partial charge in [-0.15, -0.1) is 0 Å². The number of aromatic nitrogens is 3. The van der Waals surface area contributed by atoms with E-state index < -0.39 is 5.97 Å². The fourth-order valence-electron chi connectivity index (χ4n) is 2.51. The van der Waals surface area contributed by atoms with E-state index in [1.807, 2.05) is 18.3 Å². The molecule has 0 radical (unpaired) electrons. The van der Waals surface area contributed by atoms with Crippen LogP contribution in [0.2, 0.25) is 0 Å². The number of hydrogen-bond acceptors (Lipinski definition) is 3. The van der Waals surface area contributed by atoms with Crippen LogP contribution in [-0.4, -0.2) is 25.7 Å². The van der Waals surface area contributed by atoms with E-state index in [2.05, 4.69) is 10.1 Å². The molecule has 2 heterocycles. The molecule has 3 rings (SSSR count).